The van der Waals surface area contributed by atoms with Crippen LogP contribution in [-0.4, -0.2) is 40.6 Å². The van der Waals surface area contributed by atoms with Gasteiger partial charge in [-0.05, 0) is 37.3 Å². The molecule has 118 valence electrons. The Balaban J connectivity index is 1.69. The number of para-hydroxylation sites is 1. The molecule has 3 rings (SSSR count). The summed E-state index contributed by atoms with van der Waals surface area (Å²) in [5.41, 5.74) is 0. The molecule has 1 saturated heterocycles. The number of carboxylic acids is 1. The van der Waals surface area contributed by atoms with E-state index >= 15 is 0 Å². The summed E-state index contributed by atoms with van der Waals surface area (Å²) in [4.78, 5) is 25.6. The highest BCUT2D eigenvalue weighted by Gasteiger charge is 2.47. The van der Waals surface area contributed by atoms with Gasteiger partial charge in [0.2, 0.25) is 0 Å². The second kappa shape index (κ2) is 6.38. The average Bonchev–Trinajstić information content (AvgIpc) is 2.93. The molecule has 0 radical (unpaired) electrons. The molecule has 1 aromatic carbocycles. The predicted molar refractivity (Wildman–Crippen MR) is 80.6 cm³/mol. The van der Waals surface area contributed by atoms with Crippen LogP contribution < -0.4 is 4.74 Å². The van der Waals surface area contributed by atoms with Gasteiger partial charge in [-0.25, -0.2) is 4.79 Å². The number of nitrogens with zero attached hydrogens (tertiary/aromatic N) is 1. The largest absolute Gasteiger partial charge is 0.484 e. The first kappa shape index (κ1) is 14.9. The van der Waals surface area contributed by atoms with Crippen molar-refractivity contribution in [2.24, 2.45) is 5.92 Å². The number of hydrogen-bond donors (Lipinski definition) is 1. The number of carboxylic acid groups (broad SMARTS) is 1. The van der Waals surface area contributed by atoms with Crippen LogP contribution in [0.25, 0.3) is 0 Å². The molecule has 1 amide bonds. The lowest BCUT2D eigenvalue weighted by Crippen LogP contribution is -2.48. The van der Waals surface area contributed by atoms with Crippen molar-refractivity contribution >= 4 is 11.9 Å². The molecule has 5 nitrogen and oxygen atoms in total. The molecule has 1 N–H and O–H groups in total. The maximum absolute atomic E-state index is 12.5. The quantitative estimate of drug-likeness (QED) is 0.927. The smallest absolute Gasteiger partial charge is 0.326 e. The van der Waals surface area contributed by atoms with Crippen molar-refractivity contribution in [3.05, 3.63) is 30.3 Å². The average molecular weight is 303 g/mol. The van der Waals surface area contributed by atoms with Gasteiger partial charge in [0.1, 0.15) is 11.8 Å². The first-order valence-corrected chi connectivity index (χ1v) is 7.88. The van der Waals surface area contributed by atoms with E-state index < -0.39 is 12.0 Å². The van der Waals surface area contributed by atoms with E-state index in [0.29, 0.717) is 18.1 Å². The highest BCUT2D eigenvalue weighted by molar-refractivity contribution is 5.85. The Hall–Kier alpha value is -2.04. The highest BCUT2D eigenvalue weighted by atomic mass is 16.5. The van der Waals surface area contributed by atoms with Crippen LogP contribution in [0.2, 0.25) is 0 Å². The molecule has 0 aromatic heterocycles. The van der Waals surface area contributed by atoms with Gasteiger partial charge in [0.25, 0.3) is 5.91 Å². The zero-order valence-electron chi connectivity index (χ0n) is 12.5. The van der Waals surface area contributed by atoms with Gasteiger partial charge in [0.15, 0.2) is 6.61 Å². The number of carbonyl (C=O) groups is 2. The van der Waals surface area contributed by atoms with Gasteiger partial charge in [-0.2, -0.15) is 0 Å². The molecule has 1 saturated carbocycles. The summed E-state index contributed by atoms with van der Waals surface area (Å²) in [6.07, 6.45) is 4.72. The van der Waals surface area contributed by atoms with Gasteiger partial charge in [-0.3, -0.25) is 4.79 Å². The summed E-state index contributed by atoms with van der Waals surface area (Å²) >= 11 is 0. The first-order chi connectivity index (χ1) is 10.7. The second-order valence-electron chi connectivity index (χ2n) is 6.10. The van der Waals surface area contributed by atoms with Crippen LogP contribution in [-0.2, 0) is 9.59 Å². The third-order valence-electron chi connectivity index (χ3n) is 4.77. The summed E-state index contributed by atoms with van der Waals surface area (Å²) in [6, 6.07) is 8.51. The molecule has 5 heteroatoms. The molecule has 0 unspecified atom stereocenters. The van der Waals surface area contributed by atoms with Crippen molar-refractivity contribution in [2.75, 3.05) is 6.61 Å². The number of carbonyl (C=O) groups excluding carboxylic acids is 1. The number of ether oxygens (including phenoxy) is 1. The molecular formula is C17H21NO4. The fraction of sp³-hybridized carbons (Fsp3) is 0.529. The van der Waals surface area contributed by atoms with Crippen molar-refractivity contribution in [3.8, 4) is 5.75 Å². The van der Waals surface area contributed by atoms with E-state index in [1.165, 1.54) is 0 Å². The predicted octanol–water partition coefficient (Wildman–Crippen LogP) is 2.31. The second-order valence-corrected chi connectivity index (χ2v) is 6.10. The molecule has 0 bridgehead atoms. The van der Waals surface area contributed by atoms with Crippen molar-refractivity contribution in [1.82, 2.24) is 4.90 Å². The lowest BCUT2D eigenvalue weighted by Gasteiger charge is -2.32. The number of aliphatic carboxylic acids is 1. The van der Waals surface area contributed by atoms with Gasteiger partial charge in [-0.1, -0.05) is 31.0 Å². The minimum Gasteiger partial charge on any atom is -0.484 e. The van der Waals surface area contributed by atoms with Crippen LogP contribution in [0, 0.1) is 5.92 Å². The summed E-state index contributed by atoms with van der Waals surface area (Å²) in [7, 11) is 0. The van der Waals surface area contributed by atoms with Crippen molar-refractivity contribution in [3.63, 3.8) is 0 Å². The van der Waals surface area contributed by atoms with E-state index in [-0.39, 0.29) is 18.6 Å². The maximum atomic E-state index is 12.5. The molecule has 2 aliphatic rings. The summed E-state index contributed by atoms with van der Waals surface area (Å²) in [6.45, 7) is -0.100. The SMILES string of the molecule is O=C(O)[C@H]1C[C@H]2CCCC[C@@H]2N1C(=O)COc1ccccc1. The minimum absolute atomic E-state index is 0.0710. The Morgan fingerprint density at radius 3 is 2.64 bits per heavy atom. The summed E-state index contributed by atoms with van der Waals surface area (Å²) in [5.74, 6) is -0.161. The van der Waals surface area contributed by atoms with Crippen LogP contribution in [0.1, 0.15) is 32.1 Å². The monoisotopic (exact) mass is 303 g/mol. The fourth-order valence-corrected chi connectivity index (χ4v) is 3.78. The van der Waals surface area contributed by atoms with E-state index in [4.69, 9.17) is 4.74 Å². The minimum atomic E-state index is -0.900. The van der Waals surface area contributed by atoms with Gasteiger partial charge < -0.3 is 14.7 Å². The van der Waals surface area contributed by atoms with Gasteiger partial charge in [0, 0.05) is 6.04 Å². The van der Waals surface area contributed by atoms with Crippen LogP contribution in [0.5, 0.6) is 5.75 Å². The number of amides is 1. The number of hydrogen-bond acceptors (Lipinski definition) is 3. The van der Waals surface area contributed by atoms with Crippen LogP contribution in [0.15, 0.2) is 30.3 Å². The lowest BCUT2D eigenvalue weighted by atomic mass is 9.85. The van der Waals surface area contributed by atoms with E-state index in [0.717, 1.165) is 25.7 Å². The van der Waals surface area contributed by atoms with E-state index in [9.17, 15) is 14.7 Å². The van der Waals surface area contributed by atoms with E-state index in [1.807, 2.05) is 18.2 Å². The molecule has 3 atom stereocenters. The topological polar surface area (TPSA) is 66.8 Å². The fourth-order valence-electron chi connectivity index (χ4n) is 3.78. The van der Waals surface area contributed by atoms with Crippen LogP contribution in [0.4, 0.5) is 0 Å². The number of rotatable bonds is 4. The van der Waals surface area contributed by atoms with Crippen LogP contribution >= 0.6 is 0 Å². The van der Waals surface area contributed by atoms with Gasteiger partial charge in [0.05, 0.1) is 0 Å². The summed E-state index contributed by atoms with van der Waals surface area (Å²) in [5, 5.41) is 9.43. The molecule has 0 spiro atoms. The lowest BCUT2D eigenvalue weighted by molar-refractivity contribution is -0.150. The number of fused-ring (bicyclic) bond motifs is 1. The third-order valence-corrected chi connectivity index (χ3v) is 4.77. The van der Waals surface area contributed by atoms with E-state index in [1.54, 1.807) is 17.0 Å². The number of benzene rings is 1. The Bertz CT molecular complexity index is 545. The molecule has 1 aromatic rings. The van der Waals surface area contributed by atoms with Crippen molar-refractivity contribution < 1.29 is 19.4 Å². The standard InChI is InChI=1S/C17H21NO4/c19-16(11-22-13-7-2-1-3-8-13)18-14-9-5-4-6-12(14)10-15(18)17(20)21/h1-3,7-8,12,14-15H,4-6,9-11H2,(H,20,21)/t12-,14+,15-/m1/s1. The Labute approximate surface area is 129 Å². The van der Waals surface area contributed by atoms with Gasteiger partial charge >= 0.3 is 5.97 Å². The van der Waals surface area contributed by atoms with E-state index in [2.05, 4.69) is 0 Å². The molecule has 1 heterocycles. The Kier molecular flexibility index (Phi) is 4.32. The molecular weight excluding hydrogens is 282 g/mol. The third kappa shape index (κ3) is 2.93. The van der Waals surface area contributed by atoms with Crippen LogP contribution in [0.3, 0.4) is 0 Å². The molecule has 1 aliphatic heterocycles. The van der Waals surface area contributed by atoms with Crippen molar-refractivity contribution in [1.29, 1.82) is 0 Å². The van der Waals surface area contributed by atoms with Gasteiger partial charge in [-0.15, -0.1) is 0 Å². The zero-order chi connectivity index (χ0) is 15.5. The molecule has 22 heavy (non-hydrogen) atoms. The molecule has 2 fully saturated rings. The number of likely N-dealkylation sites (tertiary alicyclic amines) is 1. The highest BCUT2D eigenvalue weighted by Crippen LogP contribution is 2.39. The normalized spacial score (nSPS) is 27.3. The maximum Gasteiger partial charge on any atom is 0.326 e. The first-order valence-electron chi connectivity index (χ1n) is 7.88. The Morgan fingerprint density at radius 2 is 1.91 bits per heavy atom. The summed E-state index contributed by atoms with van der Waals surface area (Å²) < 4.78 is 5.50. The molecule has 1 aliphatic carbocycles. The zero-order valence-corrected chi connectivity index (χ0v) is 12.5. The Morgan fingerprint density at radius 1 is 1.18 bits per heavy atom. The van der Waals surface area contributed by atoms with Crippen molar-refractivity contribution in [2.45, 2.75) is 44.2 Å².